The molecule has 0 atom stereocenters. The van der Waals surface area contributed by atoms with Gasteiger partial charge >= 0.3 is 0 Å². The molecule has 0 aliphatic rings. The average Bonchev–Trinajstić information content (AvgIpc) is 2.03. The molecule has 0 aromatic rings. The highest BCUT2D eigenvalue weighted by Crippen LogP contribution is 2.12. The molecule has 12 heavy (non-hydrogen) atoms. The van der Waals surface area contributed by atoms with Crippen molar-refractivity contribution in [2.24, 2.45) is 0 Å². The third-order valence-electron chi connectivity index (χ3n) is 2.07. The summed E-state index contributed by atoms with van der Waals surface area (Å²) < 4.78 is 0. The van der Waals surface area contributed by atoms with Crippen molar-refractivity contribution in [3.05, 3.63) is 23.3 Å². The smallest absolute Gasteiger partial charge is 0.145 e. The third-order valence-corrected chi connectivity index (χ3v) is 2.07. The molecule has 1 nitrogen and oxygen atoms in total. The molecule has 1 heteroatoms. The van der Waals surface area contributed by atoms with Crippen LogP contribution in [-0.4, -0.2) is 6.29 Å². The fourth-order valence-electron chi connectivity index (χ4n) is 0.890. The Morgan fingerprint density at radius 3 is 2.25 bits per heavy atom. The van der Waals surface area contributed by atoms with Gasteiger partial charge in [-0.3, -0.25) is 4.79 Å². The summed E-state index contributed by atoms with van der Waals surface area (Å²) in [5, 5.41) is 0. The van der Waals surface area contributed by atoms with E-state index in [-0.39, 0.29) is 0 Å². The zero-order valence-electron chi connectivity index (χ0n) is 8.31. The summed E-state index contributed by atoms with van der Waals surface area (Å²) in [6.45, 7) is 10.00. The molecular weight excluding hydrogens is 148 g/mol. The summed E-state index contributed by atoms with van der Waals surface area (Å²) >= 11 is 0. The molecule has 0 heterocycles. The minimum atomic E-state index is 0.705. The topological polar surface area (TPSA) is 17.1 Å². The van der Waals surface area contributed by atoms with Crippen molar-refractivity contribution in [3.8, 4) is 0 Å². The van der Waals surface area contributed by atoms with E-state index in [0.29, 0.717) is 5.57 Å². The first-order chi connectivity index (χ1) is 5.57. The van der Waals surface area contributed by atoms with E-state index in [9.17, 15) is 4.79 Å². The monoisotopic (exact) mass is 166 g/mol. The maximum absolute atomic E-state index is 10.2. The maximum atomic E-state index is 10.2. The van der Waals surface area contributed by atoms with Gasteiger partial charge in [0.25, 0.3) is 0 Å². The van der Waals surface area contributed by atoms with Crippen LogP contribution in [0.4, 0.5) is 0 Å². The van der Waals surface area contributed by atoms with E-state index < -0.39 is 0 Å². The molecule has 0 rings (SSSR count). The molecule has 0 N–H and O–H groups in total. The second kappa shape index (κ2) is 5.76. The molecule has 0 fully saturated rings. The van der Waals surface area contributed by atoms with Crippen LogP contribution >= 0.6 is 0 Å². The molecular formula is C11H18O. The van der Waals surface area contributed by atoms with E-state index in [2.05, 4.69) is 27.4 Å². The van der Waals surface area contributed by atoms with E-state index in [1.165, 1.54) is 11.1 Å². The Kier molecular flexibility index (Phi) is 5.35. The van der Waals surface area contributed by atoms with Gasteiger partial charge in [0.2, 0.25) is 0 Å². The van der Waals surface area contributed by atoms with E-state index in [4.69, 9.17) is 0 Å². The summed E-state index contributed by atoms with van der Waals surface area (Å²) in [5.74, 6) is 0. The van der Waals surface area contributed by atoms with Gasteiger partial charge in [-0.1, -0.05) is 17.7 Å². The average molecular weight is 166 g/mol. The van der Waals surface area contributed by atoms with E-state index in [1.54, 1.807) is 0 Å². The zero-order chi connectivity index (χ0) is 9.56. The van der Waals surface area contributed by atoms with Crippen molar-refractivity contribution in [3.63, 3.8) is 0 Å². The van der Waals surface area contributed by atoms with Gasteiger partial charge < -0.3 is 0 Å². The lowest BCUT2D eigenvalue weighted by Gasteiger charge is -2.02. The molecule has 0 saturated carbocycles. The van der Waals surface area contributed by atoms with Gasteiger partial charge in [0.15, 0.2) is 0 Å². The number of hydrogen-bond donors (Lipinski definition) is 0. The number of carbonyl (C=O) groups excluding carboxylic acids is 1. The third kappa shape index (κ3) is 4.89. The lowest BCUT2D eigenvalue weighted by atomic mass is 10.0. The Morgan fingerprint density at radius 2 is 1.83 bits per heavy atom. The van der Waals surface area contributed by atoms with Gasteiger partial charge in [0.05, 0.1) is 0 Å². The van der Waals surface area contributed by atoms with Crippen LogP contribution in [0.5, 0.6) is 0 Å². The summed E-state index contributed by atoms with van der Waals surface area (Å²) in [7, 11) is 0. The Labute approximate surface area is 75.2 Å². The fourth-order valence-corrected chi connectivity index (χ4v) is 0.890. The predicted molar refractivity (Wildman–Crippen MR) is 53.1 cm³/mol. The van der Waals surface area contributed by atoms with Crippen LogP contribution in [0.15, 0.2) is 23.3 Å². The normalized spacial score (nSPS) is 9.25. The summed E-state index contributed by atoms with van der Waals surface area (Å²) in [5.41, 5.74) is 3.51. The van der Waals surface area contributed by atoms with Crippen LogP contribution in [0.2, 0.25) is 0 Å². The lowest BCUT2D eigenvalue weighted by molar-refractivity contribution is -0.105. The highest BCUT2D eigenvalue weighted by Gasteiger charge is 1.95. The second-order valence-corrected chi connectivity index (χ2v) is 3.41. The number of carbonyl (C=O) groups is 1. The van der Waals surface area contributed by atoms with Gasteiger partial charge in [0, 0.05) is 0 Å². The van der Waals surface area contributed by atoms with Crippen LogP contribution in [-0.2, 0) is 4.79 Å². The largest absolute Gasteiger partial charge is 0.298 e. The minimum absolute atomic E-state index is 0.705. The highest BCUT2D eigenvalue weighted by atomic mass is 16.1. The van der Waals surface area contributed by atoms with E-state index in [0.717, 1.165) is 25.5 Å². The van der Waals surface area contributed by atoms with Crippen molar-refractivity contribution in [2.45, 2.75) is 40.0 Å². The Balaban J connectivity index is 3.64. The van der Waals surface area contributed by atoms with E-state index in [1.807, 2.05) is 0 Å². The standard InChI is InChI=1S/C11H18O/c1-9(2)11(4)7-5-6-10(3)8-12/h8H,3,5-7H2,1-2,4H3. The van der Waals surface area contributed by atoms with Crippen LogP contribution in [0.3, 0.4) is 0 Å². The van der Waals surface area contributed by atoms with E-state index >= 15 is 0 Å². The van der Waals surface area contributed by atoms with Crippen molar-refractivity contribution in [1.29, 1.82) is 0 Å². The van der Waals surface area contributed by atoms with Crippen molar-refractivity contribution >= 4 is 6.29 Å². The lowest BCUT2D eigenvalue weighted by Crippen LogP contribution is -1.85. The van der Waals surface area contributed by atoms with Gasteiger partial charge in [-0.15, -0.1) is 0 Å². The summed E-state index contributed by atoms with van der Waals surface area (Å²) in [4.78, 5) is 10.2. The quantitative estimate of drug-likeness (QED) is 0.348. The Bertz CT molecular complexity index is 195. The molecule has 0 aromatic carbocycles. The number of hydrogen-bond acceptors (Lipinski definition) is 1. The molecule has 0 aliphatic carbocycles. The first-order valence-electron chi connectivity index (χ1n) is 4.34. The van der Waals surface area contributed by atoms with Crippen LogP contribution < -0.4 is 0 Å². The highest BCUT2D eigenvalue weighted by molar-refractivity contribution is 5.71. The van der Waals surface area contributed by atoms with Gasteiger partial charge in [-0.05, 0) is 45.6 Å². The SMILES string of the molecule is C=C(C=O)CCCC(C)=C(C)C. The Morgan fingerprint density at radius 1 is 1.25 bits per heavy atom. The van der Waals surface area contributed by atoms with Crippen LogP contribution in [0.25, 0.3) is 0 Å². The zero-order valence-corrected chi connectivity index (χ0v) is 8.31. The number of allylic oxidation sites excluding steroid dienone is 3. The molecule has 0 amide bonds. The first-order valence-corrected chi connectivity index (χ1v) is 4.34. The van der Waals surface area contributed by atoms with Crippen molar-refractivity contribution in [1.82, 2.24) is 0 Å². The molecule has 0 spiro atoms. The molecule has 0 aromatic heterocycles. The van der Waals surface area contributed by atoms with Crippen LogP contribution in [0, 0.1) is 0 Å². The molecule has 0 bridgehead atoms. The molecule has 0 unspecified atom stereocenters. The molecule has 68 valence electrons. The summed E-state index contributed by atoms with van der Waals surface area (Å²) in [6, 6.07) is 0. The van der Waals surface area contributed by atoms with Crippen molar-refractivity contribution in [2.75, 3.05) is 0 Å². The van der Waals surface area contributed by atoms with Gasteiger partial charge in [-0.25, -0.2) is 0 Å². The molecule has 0 aliphatic heterocycles. The molecule has 0 saturated heterocycles. The molecule has 0 radical (unpaired) electrons. The van der Waals surface area contributed by atoms with Crippen LogP contribution in [0.1, 0.15) is 40.0 Å². The Hall–Kier alpha value is -0.850. The number of rotatable bonds is 5. The summed E-state index contributed by atoms with van der Waals surface area (Å²) in [6.07, 6.45) is 3.79. The van der Waals surface area contributed by atoms with Gasteiger partial charge in [0.1, 0.15) is 6.29 Å². The predicted octanol–water partition coefficient (Wildman–Crippen LogP) is 3.27. The van der Waals surface area contributed by atoms with Crippen molar-refractivity contribution < 1.29 is 4.79 Å². The van der Waals surface area contributed by atoms with Gasteiger partial charge in [-0.2, -0.15) is 0 Å². The number of aldehydes is 1. The second-order valence-electron chi connectivity index (χ2n) is 3.41. The maximum Gasteiger partial charge on any atom is 0.145 e. The fraction of sp³-hybridized carbons (Fsp3) is 0.545. The first kappa shape index (κ1) is 11.2. The minimum Gasteiger partial charge on any atom is -0.298 e.